The lowest BCUT2D eigenvalue weighted by molar-refractivity contribution is -0.122. The number of halogens is 3. The van der Waals surface area contributed by atoms with Crippen LogP contribution in [0.5, 0.6) is 5.88 Å². The summed E-state index contributed by atoms with van der Waals surface area (Å²) in [6.07, 6.45) is 1.07. The first kappa shape index (κ1) is 27.2. The number of nitrogens with zero attached hydrogens (tertiary/aromatic N) is 4. The zero-order chi connectivity index (χ0) is 27.8. The number of benzene rings is 2. The normalized spacial score (nSPS) is 13.0. The number of carbonyl (C=O) groups is 2. The van der Waals surface area contributed by atoms with Crippen LogP contribution in [0.25, 0.3) is 0 Å². The molecule has 2 aromatic carbocycles. The zero-order valence-electron chi connectivity index (χ0n) is 20.9. The van der Waals surface area contributed by atoms with Crippen molar-refractivity contribution in [1.82, 2.24) is 9.55 Å². The van der Waals surface area contributed by atoms with E-state index in [1.165, 1.54) is 47.5 Å². The summed E-state index contributed by atoms with van der Waals surface area (Å²) in [5, 5.41) is 9.78. The average Bonchev–Trinajstić information content (AvgIpc) is 3.21. The zero-order valence-corrected chi connectivity index (χ0v) is 21.6. The number of fused-ring (bicyclic) bond motifs is 1. The second-order valence-electron chi connectivity index (χ2n) is 9.54. The fourth-order valence-corrected chi connectivity index (χ4v) is 4.21. The molecule has 1 aliphatic heterocycles. The highest BCUT2D eigenvalue weighted by molar-refractivity contribution is 6.31. The Kier molecular flexibility index (Phi) is 7.52. The minimum atomic E-state index is -1.24. The van der Waals surface area contributed by atoms with Crippen LogP contribution in [-0.2, 0) is 22.7 Å². The molecule has 12 heteroatoms. The van der Waals surface area contributed by atoms with Crippen LogP contribution in [-0.4, -0.2) is 38.7 Å². The van der Waals surface area contributed by atoms with Crippen molar-refractivity contribution in [3.63, 3.8) is 0 Å². The number of anilines is 2. The van der Waals surface area contributed by atoms with Gasteiger partial charge in [-0.3, -0.25) is 28.8 Å². The van der Waals surface area contributed by atoms with Gasteiger partial charge in [-0.2, -0.15) is 0 Å². The predicted octanol–water partition coefficient (Wildman–Crippen LogP) is 3.62. The number of aromatic nitrogens is 2. The molecule has 9 nitrogen and oxygen atoms in total. The minimum Gasteiger partial charge on any atom is -0.471 e. The summed E-state index contributed by atoms with van der Waals surface area (Å²) in [4.78, 5) is 44.8. The second kappa shape index (κ2) is 10.5. The molecule has 3 aromatic rings. The Morgan fingerprint density at radius 1 is 1.13 bits per heavy atom. The fraction of sp³-hybridized carbons (Fsp3) is 0.308. The van der Waals surface area contributed by atoms with Crippen molar-refractivity contribution in [2.75, 3.05) is 16.5 Å². The predicted molar refractivity (Wildman–Crippen MR) is 136 cm³/mol. The number of carbonyl (C=O) groups excluding carboxylic acids is 2. The van der Waals surface area contributed by atoms with Crippen LogP contribution in [0, 0.1) is 11.6 Å². The molecule has 1 N–H and O–H groups in total. The van der Waals surface area contributed by atoms with E-state index in [4.69, 9.17) is 16.3 Å². The molecule has 2 amide bonds. The molecule has 1 aliphatic rings. The summed E-state index contributed by atoms with van der Waals surface area (Å²) in [6, 6.07) is 8.09. The summed E-state index contributed by atoms with van der Waals surface area (Å²) >= 11 is 6.17. The van der Waals surface area contributed by atoms with Gasteiger partial charge in [-0.1, -0.05) is 17.7 Å². The van der Waals surface area contributed by atoms with Crippen molar-refractivity contribution >= 4 is 34.8 Å². The van der Waals surface area contributed by atoms with Crippen LogP contribution in [0.2, 0.25) is 5.02 Å². The van der Waals surface area contributed by atoms with E-state index < -0.39 is 22.8 Å². The molecule has 0 radical (unpaired) electrons. The van der Waals surface area contributed by atoms with Crippen molar-refractivity contribution in [1.29, 1.82) is 0 Å². The van der Waals surface area contributed by atoms with Crippen molar-refractivity contribution in [3.8, 4) is 5.88 Å². The lowest BCUT2D eigenvalue weighted by Gasteiger charge is -2.23. The molecule has 2 heterocycles. The number of rotatable bonds is 7. The summed E-state index contributed by atoms with van der Waals surface area (Å²) < 4.78 is 33.6. The molecular formula is C26H25ClF2N4O5. The van der Waals surface area contributed by atoms with Crippen LogP contribution in [0.1, 0.15) is 38.3 Å². The molecule has 0 atom stereocenters. The molecule has 0 saturated carbocycles. The highest BCUT2D eigenvalue weighted by Crippen LogP contribution is 2.38. The largest absolute Gasteiger partial charge is 0.471 e. The summed E-state index contributed by atoms with van der Waals surface area (Å²) in [7, 11) is 0. The van der Waals surface area contributed by atoms with E-state index in [1.807, 2.05) is 0 Å². The number of amides is 2. The Balaban J connectivity index is 1.56. The Hall–Kier alpha value is -3.83. The Morgan fingerprint density at radius 3 is 2.53 bits per heavy atom. The third kappa shape index (κ3) is 5.84. The Labute approximate surface area is 221 Å². The number of ether oxygens (including phenoxy) is 1. The van der Waals surface area contributed by atoms with Gasteiger partial charge >= 0.3 is 0 Å². The highest BCUT2D eigenvalue weighted by atomic mass is 35.5. The maximum Gasteiger partial charge on any atom is 0.276 e. The molecule has 200 valence electrons. The van der Waals surface area contributed by atoms with E-state index >= 15 is 0 Å². The summed E-state index contributed by atoms with van der Waals surface area (Å²) in [6.45, 7) is 4.18. The molecule has 0 spiro atoms. The van der Waals surface area contributed by atoms with Gasteiger partial charge in [0.15, 0.2) is 5.02 Å². The molecule has 0 unspecified atom stereocenters. The molecule has 0 fully saturated rings. The Bertz CT molecular complexity index is 1470. The molecule has 0 saturated heterocycles. The van der Waals surface area contributed by atoms with Gasteiger partial charge in [0.2, 0.25) is 17.7 Å². The average molecular weight is 547 g/mol. The standard InChI is InChI=1S/C26H25ClF2N4O5/c1-15(34)32-14-33(22(35)10-26(2,3)37)21-8-16(4-7-20(21)32)11-31-13-30-24(23(27)25(31)36)38-12-17-5-6-18(28)9-19(17)29/h4-9,13,37H,10-12,14H2,1-3H3. The SMILES string of the molecule is CC(=O)N1CN(C(=O)CC(C)(C)O)c2cc(Cn3cnc(OCc4ccc(F)cc4F)c(Cl)c3=O)ccc21. The number of hydrogen-bond acceptors (Lipinski definition) is 6. The van der Waals surface area contributed by atoms with Gasteiger partial charge in [0.1, 0.15) is 31.2 Å². The highest BCUT2D eigenvalue weighted by Gasteiger charge is 2.34. The maximum absolute atomic E-state index is 13.9. The number of aliphatic hydroxyl groups is 1. The minimum absolute atomic E-state index is 0.0110. The topological polar surface area (TPSA) is 105 Å². The van der Waals surface area contributed by atoms with Crippen LogP contribution in [0.3, 0.4) is 0 Å². The van der Waals surface area contributed by atoms with Crippen molar-refractivity contribution in [2.45, 2.75) is 45.9 Å². The van der Waals surface area contributed by atoms with E-state index in [9.17, 15) is 28.3 Å². The monoisotopic (exact) mass is 546 g/mol. The van der Waals surface area contributed by atoms with Gasteiger partial charge in [-0.25, -0.2) is 13.8 Å². The number of hydrogen-bond donors (Lipinski definition) is 1. The summed E-state index contributed by atoms with van der Waals surface area (Å²) in [5.41, 5.74) is -0.157. The van der Waals surface area contributed by atoms with E-state index in [2.05, 4.69) is 4.98 Å². The first-order valence-electron chi connectivity index (χ1n) is 11.6. The van der Waals surface area contributed by atoms with Crippen molar-refractivity contribution < 1.29 is 28.2 Å². The molecular weight excluding hydrogens is 522 g/mol. The van der Waals surface area contributed by atoms with E-state index in [1.54, 1.807) is 18.2 Å². The van der Waals surface area contributed by atoms with Gasteiger partial charge in [0, 0.05) is 18.6 Å². The van der Waals surface area contributed by atoms with Crippen molar-refractivity contribution in [3.05, 3.63) is 80.9 Å². The third-order valence-corrected chi connectivity index (χ3v) is 6.18. The van der Waals surface area contributed by atoms with E-state index in [0.717, 1.165) is 12.1 Å². The molecule has 38 heavy (non-hydrogen) atoms. The van der Waals surface area contributed by atoms with Crippen molar-refractivity contribution in [2.24, 2.45) is 0 Å². The smallest absolute Gasteiger partial charge is 0.276 e. The molecule has 1 aromatic heterocycles. The second-order valence-corrected chi connectivity index (χ2v) is 9.92. The maximum atomic E-state index is 13.9. The third-order valence-electron chi connectivity index (χ3n) is 5.85. The molecule has 0 aliphatic carbocycles. The van der Waals surface area contributed by atoms with Gasteiger partial charge in [-0.15, -0.1) is 0 Å². The molecule has 4 rings (SSSR count). The van der Waals surface area contributed by atoms with Crippen LogP contribution in [0.15, 0.2) is 47.5 Å². The van der Waals surface area contributed by atoms with Gasteiger partial charge in [0.05, 0.1) is 29.9 Å². The van der Waals surface area contributed by atoms with Gasteiger partial charge in [-0.05, 0) is 43.7 Å². The van der Waals surface area contributed by atoms with Crippen LogP contribution < -0.4 is 20.1 Å². The summed E-state index contributed by atoms with van der Waals surface area (Å²) in [5.74, 6) is -2.34. The van der Waals surface area contributed by atoms with E-state index in [0.29, 0.717) is 16.9 Å². The lowest BCUT2D eigenvalue weighted by Crippen LogP contribution is -2.40. The van der Waals surface area contributed by atoms with Crippen LogP contribution in [0.4, 0.5) is 20.2 Å². The van der Waals surface area contributed by atoms with Gasteiger partial charge < -0.3 is 9.84 Å². The van der Waals surface area contributed by atoms with Crippen LogP contribution >= 0.6 is 11.6 Å². The molecule has 0 bridgehead atoms. The van der Waals surface area contributed by atoms with Gasteiger partial charge in [0.25, 0.3) is 5.56 Å². The first-order valence-corrected chi connectivity index (χ1v) is 12.0. The fourth-order valence-electron chi connectivity index (χ4n) is 4.00. The quantitative estimate of drug-likeness (QED) is 0.485. The lowest BCUT2D eigenvalue weighted by atomic mass is 10.0. The first-order chi connectivity index (χ1) is 17.8. The Morgan fingerprint density at radius 2 is 1.87 bits per heavy atom. The van der Waals surface area contributed by atoms with E-state index in [-0.39, 0.29) is 54.5 Å².